The molecule has 0 aromatic heterocycles. The summed E-state index contributed by atoms with van der Waals surface area (Å²) < 4.78 is 0. The van der Waals surface area contributed by atoms with Crippen molar-refractivity contribution in [1.29, 1.82) is 0 Å². The number of nitrogens with one attached hydrogen (secondary N) is 1. The van der Waals surface area contributed by atoms with E-state index in [4.69, 9.17) is 28.9 Å². The van der Waals surface area contributed by atoms with Crippen LogP contribution in [0, 0.1) is 0 Å². The van der Waals surface area contributed by atoms with Gasteiger partial charge in [0, 0.05) is 17.1 Å². The second kappa shape index (κ2) is 5.77. The Morgan fingerprint density at radius 3 is 2.59 bits per heavy atom. The summed E-state index contributed by atoms with van der Waals surface area (Å²) in [6.07, 6.45) is 2.11. The van der Waals surface area contributed by atoms with Gasteiger partial charge < -0.3 is 11.1 Å². The Labute approximate surface area is 141 Å². The number of rotatable bonds is 2. The minimum absolute atomic E-state index is 0.0788. The third kappa shape index (κ3) is 2.50. The minimum Gasteiger partial charge on any atom is -0.399 e. The highest BCUT2D eigenvalue weighted by atomic mass is 35.5. The molecule has 2 aromatic rings. The Hall–Kier alpha value is -1.22. The Morgan fingerprint density at radius 2 is 1.91 bits per heavy atom. The highest BCUT2D eigenvalue weighted by Crippen LogP contribution is 2.47. The molecule has 0 radical (unpaired) electrons. The lowest BCUT2D eigenvalue weighted by atomic mass is 9.66. The van der Waals surface area contributed by atoms with E-state index < -0.39 is 0 Å². The van der Waals surface area contributed by atoms with Crippen LogP contribution in [0.15, 0.2) is 36.4 Å². The summed E-state index contributed by atoms with van der Waals surface area (Å²) in [4.78, 5) is 0. The lowest BCUT2D eigenvalue weighted by Crippen LogP contribution is -2.34. The number of hydrogen-bond donors (Lipinski definition) is 2. The van der Waals surface area contributed by atoms with Gasteiger partial charge in [0.25, 0.3) is 0 Å². The molecule has 0 aliphatic heterocycles. The summed E-state index contributed by atoms with van der Waals surface area (Å²) in [7, 11) is 2.00. The molecule has 1 aliphatic carbocycles. The standard InChI is InChI=1S/C18H20Cl2N2/c1-18(11-3-6-15(19)16(20)9-11)8-7-17(22-2)13-10-12(21)4-5-14(13)18/h3-6,9-10,17,22H,7-8,21H2,1-2H3/t17-,18-/m0/s1. The molecular formula is C18H20Cl2N2. The number of hydrogen-bond acceptors (Lipinski definition) is 2. The van der Waals surface area contributed by atoms with Crippen LogP contribution in [0.4, 0.5) is 5.69 Å². The molecule has 3 N–H and O–H groups in total. The molecule has 3 rings (SSSR count). The Kier molecular flexibility index (Phi) is 4.11. The number of halogens is 2. The second-order valence-electron chi connectivity index (χ2n) is 6.19. The van der Waals surface area contributed by atoms with Crippen LogP contribution in [0.2, 0.25) is 10.0 Å². The van der Waals surface area contributed by atoms with Crippen LogP contribution in [-0.4, -0.2) is 7.05 Å². The van der Waals surface area contributed by atoms with Crippen molar-refractivity contribution in [3.05, 3.63) is 63.1 Å². The van der Waals surface area contributed by atoms with E-state index >= 15 is 0 Å². The monoisotopic (exact) mass is 334 g/mol. The average molecular weight is 335 g/mol. The van der Waals surface area contributed by atoms with Crippen LogP contribution >= 0.6 is 23.2 Å². The van der Waals surface area contributed by atoms with Gasteiger partial charge in [-0.15, -0.1) is 0 Å². The fourth-order valence-corrected chi connectivity index (χ4v) is 3.83. The number of anilines is 1. The molecule has 0 amide bonds. The van der Waals surface area contributed by atoms with E-state index in [9.17, 15) is 0 Å². The maximum Gasteiger partial charge on any atom is 0.0595 e. The first-order valence-corrected chi connectivity index (χ1v) is 8.24. The van der Waals surface area contributed by atoms with Gasteiger partial charge in [-0.05, 0) is 60.8 Å². The first-order chi connectivity index (χ1) is 10.5. The minimum atomic E-state index is -0.0788. The molecule has 2 aromatic carbocycles. The largest absolute Gasteiger partial charge is 0.399 e. The Bertz CT molecular complexity index is 714. The number of fused-ring (bicyclic) bond motifs is 1. The van der Waals surface area contributed by atoms with Crippen LogP contribution in [0.3, 0.4) is 0 Å². The van der Waals surface area contributed by atoms with E-state index in [1.54, 1.807) is 0 Å². The quantitative estimate of drug-likeness (QED) is 0.763. The zero-order valence-corrected chi connectivity index (χ0v) is 14.3. The van der Waals surface area contributed by atoms with E-state index in [1.165, 1.54) is 16.7 Å². The Balaban J connectivity index is 2.17. The van der Waals surface area contributed by atoms with Gasteiger partial charge in [-0.2, -0.15) is 0 Å². The average Bonchev–Trinajstić information content (AvgIpc) is 2.50. The molecule has 2 atom stereocenters. The normalized spacial score (nSPS) is 24.1. The van der Waals surface area contributed by atoms with Gasteiger partial charge in [0.1, 0.15) is 0 Å². The van der Waals surface area contributed by atoms with Gasteiger partial charge in [0.05, 0.1) is 10.0 Å². The van der Waals surface area contributed by atoms with Gasteiger partial charge in [-0.3, -0.25) is 0 Å². The number of benzene rings is 2. The van der Waals surface area contributed by atoms with Gasteiger partial charge in [-0.1, -0.05) is 42.3 Å². The smallest absolute Gasteiger partial charge is 0.0595 e. The highest BCUT2D eigenvalue weighted by Gasteiger charge is 2.37. The lowest BCUT2D eigenvalue weighted by Gasteiger charge is -2.40. The van der Waals surface area contributed by atoms with Crippen LogP contribution in [0.25, 0.3) is 0 Å². The first kappa shape index (κ1) is 15.7. The molecule has 22 heavy (non-hydrogen) atoms. The predicted octanol–water partition coefficient (Wildman–Crippen LogP) is 4.94. The summed E-state index contributed by atoms with van der Waals surface area (Å²) in [5, 5.41) is 4.59. The molecule has 0 unspecified atom stereocenters. The zero-order chi connectivity index (χ0) is 15.9. The summed E-state index contributed by atoms with van der Waals surface area (Å²) in [6.45, 7) is 2.27. The van der Waals surface area contributed by atoms with Gasteiger partial charge >= 0.3 is 0 Å². The van der Waals surface area contributed by atoms with Crippen LogP contribution in [0.5, 0.6) is 0 Å². The lowest BCUT2D eigenvalue weighted by molar-refractivity contribution is 0.393. The first-order valence-electron chi connectivity index (χ1n) is 7.48. The third-order valence-electron chi connectivity index (χ3n) is 4.88. The zero-order valence-electron chi connectivity index (χ0n) is 12.8. The number of nitrogen functional groups attached to an aromatic ring is 1. The van der Waals surface area contributed by atoms with Crippen LogP contribution in [0.1, 0.15) is 42.5 Å². The van der Waals surface area contributed by atoms with E-state index in [0.717, 1.165) is 18.5 Å². The molecule has 0 fully saturated rings. The van der Waals surface area contributed by atoms with Crippen molar-refractivity contribution in [2.24, 2.45) is 0 Å². The van der Waals surface area contributed by atoms with Crippen molar-refractivity contribution in [2.75, 3.05) is 12.8 Å². The molecule has 0 bridgehead atoms. The van der Waals surface area contributed by atoms with Gasteiger partial charge in [0.2, 0.25) is 0 Å². The molecule has 0 spiro atoms. The summed E-state index contributed by atoms with van der Waals surface area (Å²) in [5.74, 6) is 0. The van der Waals surface area contributed by atoms with Gasteiger partial charge in [0.15, 0.2) is 0 Å². The molecule has 4 heteroatoms. The van der Waals surface area contributed by atoms with Crippen molar-refractivity contribution in [3.63, 3.8) is 0 Å². The summed E-state index contributed by atoms with van der Waals surface area (Å²) >= 11 is 12.3. The van der Waals surface area contributed by atoms with Crippen molar-refractivity contribution >= 4 is 28.9 Å². The number of nitrogens with two attached hydrogens (primary N) is 1. The van der Waals surface area contributed by atoms with Crippen LogP contribution in [-0.2, 0) is 5.41 Å². The van der Waals surface area contributed by atoms with Crippen molar-refractivity contribution in [1.82, 2.24) is 5.32 Å². The fraction of sp³-hybridized carbons (Fsp3) is 0.333. The third-order valence-corrected chi connectivity index (χ3v) is 5.62. The van der Waals surface area contributed by atoms with Gasteiger partial charge in [-0.25, -0.2) is 0 Å². The maximum absolute atomic E-state index is 6.24. The summed E-state index contributed by atoms with van der Waals surface area (Å²) in [6, 6.07) is 12.5. The molecule has 1 aliphatic rings. The van der Waals surface area contributed by atoms with Crippen LogP contribution < -0.4 is 11.1 Å². The molecule has 116 valence electrons. The maximum atomic E-state index is 6.24. The SMILES string of the molecule is CN[C@H]1CC[C@@](C)(c2ccc(Cl)c(Cl)c2)c2ccc(N)cc21. The molecule has 0 saturated carbocycles. The van der Waals surface area contributed by atoms with E-state index in [2.05, 4.69) is 30.4 Å². The van der Waals surface area contributed by atoms with E-state index in [0.29, 0.717) is 16.1 Å². The second-order valence-corrected chi connectivity index (χ2v) is 7.00. The van der Waals surface area contributed by atoms with Crippen molar-refractivity contribution < 1.29 is 0 Å². The Morgan fingerprint density at radius 1 is 1.14 bits per heavy atom. The molecular weight excluding hydrogens is 315 g/mol. The summed E-state index contributed by atoms with van der Waals surface area (Å²) in [5.41, 5.74) is 10.5. The van der Waals surface area contributed by atoms with Crippen molar-refractivity contribution in [3.8, 4) is 0 Å². The highest BCUT2D eigenvalue weighted by molar-refractivity contribution is 6.42. The molecule has 0 saturated heterocycles. The topological polar surface area (TPSA) is 38.0 Å². The van der Waals surface area contributed by atoms with E-state index in [-0.39, 0.29) is 5.41 Å². The predicted molar refractivity (Wildman–Crippen MR) is 94.8 cm³/mol. The van der Waals surface area contributed by atoms with E-state index in [1.807, 2.05) is 25.2 Å². The van der Waals surface area contributed by atoms with Crippen molar-refractivity contribution in [2.45, 2.75) is 31.2 Å². The fourth-order valence-electron chi connectivity index (χ4n) is 3.53. The molecule has 0 heterocycles. The molecule has 2 nitrogen and oxygen atoms in total.